The van der Waals surface area contributed by atoms with Gasteiger partial charge in [0.25, 0.3) is 5.56 Å². The number of H-pyrrole nitrogens is 1. The number of carbonyl (C=O) groups is 1. The van der Waals surface area contributed by atoms with Crippen molar-refractivity contribution < 1.29 is 9.53 Å². The lowest BCUT2D eigenvalue weighted by atomic mass is 10.2. The van der Waals surface area contributed by atoms with Gasteiger partial charge in [0.1, 0.15) is 16.3 Å². The maximum atomic E-state index is 13.4. The van der Waals surface area contributed by atoms with E-state index < -0.39 is 5.25 Å². The molecule has 4 rings (SSSR count). The largest absolute Gasteiger partial charge is 0.465 e. The number of nitrogens with zero attached hydrogens (tertiary/aromatic N) is 2. The molecule has 0 aliphatic rings. The first-order chi connectivity index (χ1) is 14.0. The SMILES string of the molecule is CCOC(=O)[C@@H](C)Sc1nc2c([nH]c3ccccc32)c(=O)n1-c1ccc(C)cc1. The molecule has 2 aromatic carbocycles. The fourth-order valence-corrected chi connectivity index (χ4v) is 4.13. The topological polar surface area (TPSA) is 77.0 Å². The van der Waals surface area contributed by atoms with E-state index in [1.54, 1.807) is 18.4 Å². The van der Waals surface area contributed by atoms with Crippen LogP contribution in [0.3, 0.4) is 0 Å². The zero-order chi connectivity index (χ0) is 20.5. The van der Waals surface area contributed by atoms with Crippen LogP contribution in [0.2, 0.25) is 0 Å². The lowest BCUT2D eigenvalue weighted by molar-refractivity contribution is -0.142. The summed E-state index contributed by atoms with van der Waals surface area (Å²) in [5.41, 5.74) is 3.49. The Hall–Kier alpha value is -3.06. The minimum atomic E-state index is -0.499. The molecule has 4 aromatic rings. The zero-order valence-corrected chi connectivity index (χ0v) is 17.2. The van der Waals surface area contributed by atoms with Crippen molar-refractivity contribution in [1.29, 1.82) is 0 Å². The lowest BCUT2D eigenvalue weighted by Crippen LogP contribution is -2.24. The number of aryl methyl sites for hydroxylation is 1. The molecule has 0 unspecified atom stereocenters. The summed E-state index contributed by atoms with van der Waals surface area (Å²) in [5.74, 6) is -0.332. The molecule has 0 saturated carbocycles. The second-order valence-corrected chi connectivity index (χ2v) is 8.08. The first-order valence-corrected chi connectivity index (χ1v) is 10.3. The molecule has 0 bridgehead atoms. The Morgan fingerprint density at radius 2 is 1.93 bits per heavy atom. The zero-order valence-electron chi connectivity index (χ0n) is 16.4. The molecular formula is C22H21N3O3S. The molecule has 1 N–H and O–H groups in total. The predicted octanol–water partition coefficient (Wildman–Crippen LogP) is 4.22. The fourth-order valence-electron chi connectivity index (χ4n) is 3.21. The molecule has 0 radical (unpaired) electrons. The maximum absolute atomic E-state index is 13.4. The third kappa shape index (κ3) is 3.53. The van der Waals surface area contributed by atoms with Crippen molar-refractivity contribution >= 4 is 39.7 Å². The second kappa shape index (κ2) is 7.75. The number of hydrogen-bond acceptors (Lipinski definition) is 5. The van der Waals surface area contributed by atoms with E-state index in [0.717, 1.165) is 16.5 Å². The average Bonchev–Trinajstić information content (AvgIpc) is 3.08. The summed E-state index contributed by atoms with van der Waals surface area (Å²) >= 11 is 1.22. The molecule has 29 heavy (non-hydrogen) atoms. The molecule has 1 atom stereocenters. The van der Waals surface area contributed by atoms with E-state index in [1.807, 2.05) is 55.5 Å². The van der Waals surface area contributed by atoms with Crippen molar-refractivity contribution in [3.8, 4) is 5.69 Å². The number of fused-ring (bicyclic) bond motifs is 3. The van der Waals surface area contributed by atoms with Gasteiger partial charge in [0, 0.05) is 10.9 Å². The van der Waals surface area contributed by atoms with Crippen LogP contribution in [0.1, 0.15) is 19.4 Å². The Morgan fingerprint density at radius 3 is 2.66 bits per heavy atom. The number of ether oxygens (including phenoxy) is 1. The summed E-state index contributed by atoms with van der Waals surface area (Å²) in [7, 11) is 0. The van der Waals surface area contributed by atoms with Crippen molar-refractivity contribution in [2.24, 2.45) is 0 Å². The number of esters is 1. The van der Waals surface area contributed by atoms with Crippen LogP contribution in [0.15, 0.2) is 58.5 Å². The monoisotopic (exact) mass is 407 g/mol. The van der Waals surface area contributed by atoms with Crippen molar-refractivity contribution in [2.45, 2.75) is 31.2 Å². The molecular weight excluding hydrogens is 386 g/mol. The van der Waals surface area contributed by atoms with E-state index in [1.165, 1.54) is 11.8 Å². The standard InChI is InChI=1S/C22H21N3O3S/c1-4-28-21(27)14(3)29-22-24-18-16-7-5-6-8-17(16)23-19(18)20(26)25(22)15-11-9-13(2)10-12-15/h5-12,14,23H,4H2,1-3H3/t14-/m1/s1. The second-order valence-electron chi connectivity index (χ2n) is 6.78. The lowest BCUT2D eigenvalue weighted by Gasteiger charge is -2.15. The van der Waals surface area contributed by atoms with Gasteiger partial charge < -0.3 is 9.72 Å². The third-order valence-electron chi connectivity index (χ3n) is 4.69. The van der Waals surface area contributed by atoms with E-state index in [0.29, 0.717) is 28.5 Å². The highest BCUT2D eigenvalue weighted by Crippen LogP contribution is 2.28. The van der Waals surface area contributed by atoms with Crippen molar-refractivity contribution in [3.05, 3.63) is 64.4 Å². The van der Waals surface area contributed by atoms with E-state index in [2.05, 4.69) is 4.98 Å². The van der Waals surface area contributed by atoms with Gasteiger partial charge in [-0.15, -0.1) is 0 Å². The summed E-state index contributed by atoms with van der Waals surface area (Å²) in [6.07, 6.45) is 0. The number of carbonyl (C=O) groups excluding carboxylic acids is 1. The first-order valence-electron chi connectivity index (χ1n) is 9.43. The third-order valence-corrected chi connectivity index (χ3v) is 5.72. The summed E-state index contributed by atoms with van der Waals surface area (Å²) in [4.78, 5) is 33.6. The van der Waals surface area contributed by atoms with Crippen LogP contribution in [0, 0.1) is 6.92 Å². The van der Waals surface area contributed by atoms with E-state index in [-0.39, 0.29) is 11.5 Å². The van der Waals surface area contributed by atoms with Gasteiger partial charge in [-0.2, -0.15) is 0 Å². The maximum Gasteiger partial charge on any atom is 0.319 e. The van der Waals surface area contributed by atoms with Crippen LogP contribution >= 0.6 is 11.8 Å². The number of aromatic nitrogens is 3. The summed E-state index contributed by atoms with van der Waals surface area (Å²) in [6, 6.07) is 15.3. The highest BCUT2D eigenvalue weighted by atomic mass is 32.2. The number of rotatable bonds is 5. The minimum absolute atomic E-state index is 0.200. The number of nitrogens with one attached hydrogen (secondary N) is 1. The molecule has 0 spiro atoms. The van der Waals surface area contributed by atoms with Gasteiger partial charge in [0.05, 0.1) is 12.3 Å². The number of aromatic amines is 1. The highest BCUT2D eigenvalue weighted by molar-refractivity contribution is 8.00. The normalized spacial score (nSPS) is 12.4. The van der Waals surface area contributed by atoms with Gasteiger partial charge in [-0.25, -0.2) is 4.98 Å². The Balaban J connectivity index is 1.95. The summed E-state index contributed by atoms with van der Waals surface area (Å²) < 4.78 is 6.68. The number of benzene rings is 2. The molecule has 2 heterocycles. The molecule has 0 aliphatic carbocycles. The smallest absolute Gasteiger partial charge is 0.319 e. The molecule has 2 aromatic heterocycles. The van der Waals surface area contributed by atoms with Gasteiger partial charge in [-0.1, -0.05) is 47.7 Å². The van der Waals surface area contributed by atoms with Crippen molar-refractivity contribution in [3.63, 3.8) is 0 Å². The fraction of sp³-hybridized carbons (Fsp3) is 0.227. The number of thioether (sulfide) groups is 1. The minimum Gasteiger partial charge on any atom is -0.465 e. The molecule has 0 amide bonds. The predicted molar refractivity (Wildman–Crippen MR) is 116 cm³/mol. The molecule has 0 saturated heterocycles. The quantitative estimate of drug-likeness (QED) is 0.304. The molecule has 0 fully saturated rings. The number of hydrogen-bond donors (Lipinski definition) is 1. The Bertz CT molecular complexity index is 1260. The van der Waals surface area contributed by atoms with E-state index in [4.69, 9.17) is 9.72 Å². The summed E-state index contributed by atoms with van der Waals surface area (Å²) in [6.45, 7) is 5.83. The van der Waals surface area contributed by atoms with Crippen molar-refractivity contribution in [2.75, 3.05) is 6.61 Å². The Labute approximate surface area is 171 Å². The molecule has 7 heteroatoms. The van der Waals surface area contributed by atoms with Crippen LogP contribution < -0.4 is 5.56 Å². The average molecular weight is 407 g/mol. The van der Waals surface area contributed by atoms with E-state index in [9.17, 15) is 9.59 Å². The number of para-hydroxylation sites is 1. The van der Waals surface area contributed by atoms with Gasteiger partial charge in [-0.05, 0) is 39.0 Å². The van der Waals surface area contributed by atoms with Crippen LogP contribution in [0.4, 0.5) is 0 Å². The highest BCUT2D eigenvalue weighted by Gasteiger charge is 2.22. The van der Waals surface area contributed by atoms with Crippen LogP contribution in [0.25, 0.3) is 27.6 Å². The summed E-state index contributed by atoms with van der Waals surface area (Å²) in [5, 5.41) is 0.833. The van der Waals surface area contributed by atoms with E-state index >= 15 is 0 Å². The van der Waals surface area contributed by atoms with Gasteiger partial charge in [0.15, 0.2) is 5.16 Å². The van der Waals surface area contributed by atoms with Crippen LogP contribution in [-0.2, 0) is 9.53 Å². The van der Waals surface area contributed by atoms with Gasteiger partial charge in [0.2, 0.25) is 0 Å². The Kier molecular flexibility index (Phi) is 5.15. The molecule has 148 valence electrons. The Morgan fingerprint density at radius 1 is 1.21 bits per heavy atom. The van der Waals surface area contributed by atoms with Crippen LogP contribution in [0.5, 0.6) is 0 Å². The van der Waals surface area contributed by atoms with Crippen molar-refractivity contribution in [1.82, 2.24) is 14.5 Å². The molecule has 0 aliphatic heterocycles. The van der Waals surface area contributed by atoms with Gasteiger partial charge >= 0.3 is 5.97 Å². The molecule has 6 nitrogen and oxygen atoms in total. The van der Waals surface area contributed by atoms with Gasteiger partial charge in [-0.3, -0.25) is 14.2 Å². The first kappa shape index (κ1) is 19.3. The van der Waals surface area contributed by atoms with Crippen LogP contribution in [-0.4, -0.2) is 32.4 Å².